The first-order chi connectivity index (χ1) is 14.1. The van der Waals surface area contributed by atoms with Crippen molar-refractivity contribution >= 4 is 17.5 Å². The Kier molecular flexibility index (Phi) is 5.56. The number of hydrogen-bond acceptors (Lipinski definition) is 4. The summed E-state index contributed by atoms with van der Waals surface area (Å²) in [4.78, 5) is 26.1. The van der Waals surface area contributed by atoms with E-state index in [1.54, 1.807) is 12.1 Å². The average molecular weight is 388 g/mol. The van der Waals surface area contributed by atoms with Crippen LogP contribution in [0, 0.1) is 10.1 Å². The lowest BCUT2D eigenvalue weighted by molar-refractivity contribution is -0.384. The number of Topliss-reactive ketones (excluding diaryl/α,β-unsaturated/α-hetero) is 1. The van der Waals surface area contributed by atoms with Crippen molar-refractivity contribution in [3.05, 3.63) is 92.7 Å². The summed E-state index contributed by atoms with van der Waals surface area (Å²) < 4.78 is 0. The minimum absolute atomic E-state index is 0.00266. The molecule has 1 aliphatic heterocycles. The Bertz CT molecular complexity index is 969. The summed E-state index contributed by atoms with van der Waals surface area (Å²) in [5, 5.41) is 10.9. The summed E-state index contributed by atoms with van der Waals surface area (Å²) in [6.45, 7) is 1.94. The Morgan fingerprint density at radius 1 is 0.931 bits per heavy atom. The lowest BCUT2D eigenvalue weighted by Crippen LogP contribution is -2.30. The van der Waals surface area contributed by atoms with Crippen molar-refractivity contribution in [2.75, 3.05) is 13.1 Å². The Hall–Kier alpha value is -3.21. The molecule has 0 amide bonds. The standard InChI is InChI=1S/C24H24N2O3/c27-24(19-9-12-21(13-10-19)26(28)29)22-14-11-20(17-18-7-3-1-4-8-18)23(22)25-15-5-2-6-16-25/h1,3-4,7-10,12-13,17H,2,5-6,11,14-16H2/b20-17-. The lowest BCUT2D eigenvalue weighted by Gasteiger charge is -2.31. The Balaban J connectivity index is 1.72. The number of carbonyl (C=O) groups excluding carboxylic acids is 1. The lowest BCUT2D eigenvalue weighted by atomic mass is 10.00. The van der Waals surface area contributed by atoms with Gasteiger partial charge in [-0.2, -0.15) is 0 Å². The predicted molar refractivity (Wildman–Crippen MR) is 114 cm³/mol. The van der Waals surface area contributed by atoms with Gasteiger partial charge in [-0.25, -0.2) is 0 Å². The van der Waals surface area contributed by atoms with Gasteiger partial charge in [0, 0.05) is 42.1 Å². The van der Waals surface area contributed by atoms with Gasteiger partial charge in [0.05, 0.1) is 4.92 Å². The quantitative estimate of drug-likeness (QED) is 0.391. The third-order valence-electron chi connectivity index (χ3n) is 5.66. The van der Waals surface area contributed by atoms with E-state index in [9.17, 15) is 14.9 Å². The smallest absolute Gasteiger partial charge is 0.269 e. The molecule has 0 aromatic heterocycles. The Morgan fingerprint density at radius 3 is 2.28 bits per heavy atom. The number of hydrogen-bond donors (Lipinski definition) is 0. The van der Waals surface area contributed by atoms with Crippen molar-refractivity contribution in [3.63, 3.8) is 0 Å². The van der Waals surface area contributed by atoms with Gasteiger partial charge >= 0.3 is 0 Å². The van der Waals surface area contributed by atoms with Crippen molar-refractivity contribution in [1.29, 1.82) is 0 Å². The molecule has 0 saturated carbocycles. The monoisotopic (exact) mass is 388 g/mol. The molecule has 0 unspecified atom stereocenters. The van der Waals surface area contributed by atoms with E-state index in [2.05, 4.69) is 23.1 Å². The summed E-state index contributed by atoms with van der Waals surface area (Å²) in [6.07, 6.45) is 7.25. The van der Waals surface area contributed by atoms with Gasteiger partial charge in [-0.05, 0) is 61.4 Å². The van der Waals surface area contributed by atoms with E-state index in [0.29, 0.717) is 12.0 Å². The molecule has 29 heavy (non-hydrogen) atoms. The fraction of sp³-hybridized carbons (Fsp3) is 0.292. The summed E-state index contributed by atoms with van der Waals surface area (Å²) in [5.74, 6) is -0.0167. The van der Waals surface area contributed by atoms with Crippen LogP contribution in [0.2, 0.25) is 0 Å². The first kappa shape index (κ1) is 19.1. The van der Waals surface area contributed by atoms with E-state index >= 15 is 0 Å². The van der Waals surface area contributed by atoms with Crippen LogP contribution in [-0.4, -0.2) is 28.7 Å². The number of rotatable bonds is 5. The SMILES string of the molecule is O=C(C1=C(N2CCCCC2)/C(=C\c2ccccc2)CC1)c1ccc([N+](=O)[O-])cc1. The molecule has 2 aromatic carbocycles. The molecule has 5 nitrogen and oxygen atoms in total. The van der Waals surface area contributed by atoms with Gasteiger partial charge in [0.2, 0.25) is 0 Å². The topological polar surface area (TPSA) is 63.5 Å². The molecule has 2 aromatic rings. The average Bonchev–Trinajstić information content (AvgIpc) is 3.18. The molecule has 1 heterocycles. The molecule has 1 fully saturated rings. The van der Waals surface area contributed by atoms with Gasteiger partial charge in [-0.3, -0.25) is 14.9 Å². The van der Waals surface area contributed by atoms with Crippen LogP contribution >= 0.6 is 0 Å². The molecule has 0 radical (unpaired) electrons. The second kappa shape index (κ2) is 8.43. The number of carbonyl (C=O) groups is 1. The highest BCUT2D eigenvalue weighted by Crippen LogP contribution is 2.38. The highest BCUT2D eigenvalue weighted by molar-refractivity contribution is 6.10. The van der Waals surface area contributed by atoms with Crippen molar-refractivity contribution in [3.8, 4) is 0 Å². The first-order valence-corrected chi connectivity index (χ1v) is 10.2. The first-order valence-electron chi connectivity index (χ1n) is 10.2. The van der Waals surface area contributed by atoms with Crippen LogP contribution in [0.1, 0.15) is 48.0 Å². The summed E-state index contributed by atoms with van der Waals surface area (Å²) >= 11 is 0. The van der Waals surface area contributed by atoms with Gasteiger partial charge in [0.25, 0.3) is 5.69 Å². The molecule has 0 bridgehead atoms. The van der Waals surface area contributed by atoms with E-state index in [4.69, 9.17) is 0 Å². The zero-order valence-corrected chi connectivity index (χ0v) is 16.3. The Labute approximate surface area is 170 Å². The number of nitro benzene ring substituents is 1. The minimum Gasteiger partial charge on any atom is -0.371 e. The van der Waals surface area contributed by atoms with Gasteiger partial charge in [0.15, 0.2) is 5.78 Å². The number of nitrogens with zero attached hydrogens (tertiary/aromatic N) is 2. The van der Waals surface area contributed by atoms with Crippen LogP contribution in [0.25, 0.3) is 6.08 Å². The molecule has 148 valence electrons. The van der Waals surface area contributed by atoms with Crippen molar-refractivity contribution < 1.29 is 9.72 Å². The van der Waals surface area contributed by atoms with E-state index in [1.807, 2.05) is 18.2 Å². The van der Waals surface area contributed by atoms with Crippen molar-refractivity contribution in [2.24, 2.45) is 0 Å². The minimum atomic E-state index is -0.442. The zero-order valence-electron chi connectivity index (χ0n) is 16.3. The molecule has 0 atom stereocenters. The van der Waals surface area contributed by atoms with Crippen LogP contribution in [0.15, 0.2) is 71.4 Å². The molecule has 2 aliphatic rings. The second-order valence-corrected chi connectivity index (χ2v) is 7.59. The third-order valence-corrected chi connectivity index (χ3v) is 5.66. The molecule has 4 rings (SSSR count). The van der Waals surface area contributed by atoms with Crippen LogP contribution in [-0.2, 0) is 0 Å². The predicted octanol–water partition coefficient (Wildman–Crippen LogP) is 5.39. The van der Waals surface area contributed by atoms with Crippen LogP contribution in [0.3, 0.4) is 0 Å². The summed E-state index contributed by atoms with van der Waals surface area (Å²) in [5.41, 5.74) is 4.79. The fourth-order valence-corrected chi connectivity index (χ4v) is 4.22. The molecule has 1 aliphatic carbocycles. The van der Waals surface area contributed by atoms with Gasteiger partial charge in [-0.15, -0.1) is 0 Å². The van der Waals surface area contributed by atoms with Crippen LogP contribution < -0.4 is 0 Å². The third kappa shape index (κ3) is 4.14. The molecule has 0 N–H and O–H groups in total. The van der Waals surface area contributed by atoms with Gasteiger partial charge < -0.3 is 4.90 Å². The van der Waals surface area contributed by atoms with Crippen LogP contribution in [0.5, 0.6) is 0 Å². The molecular weight excluding hydrogens is 364 g/mol. The number of likely N-dealkylation sites (tertiary alicyclic amines) is 1. The van der Waals surface area contributed by atoms with E-state index < -0.39 is 4.92 Å². The molecule has 1 saturated heterocycles. The number of piperidine rings is 1. The van der Waals surface area contributed by atoms with E-state index in [-0.39, 0.29) is 11.5 Å². The maximum Gasteiger partial charge on any atom is 0.269 e. The van der Waals surface area contributed by atoms with Crippen molar-refractivity contribution in [2.45, 2.75) is 32.1 Å². The number of non-ortho nitro benzene ring substituents is 1. The maximum atomic E-state index is 13.3. The van der Waals surface area contributed by atoms with E-state index in [0.717, 1.165) is 49.2 Å². The number of benzene rings is 2. The molecule has 0 spiro atoms. The zero-order chi connectivity index (χ0) is 20.2. The second-order valence-electron chi connectivity index (χ2n) is 7.59. The number of nitro groups is 1. The van der Waals surface area contributed by atoms with E-state index in [1.165, 1.54) is 24.1 Å². The fourth-order valence-electron chi connectivity index (χ4n) is 4.22. The largest absolute Gasteiger partial charge is 0.371 e. The number of allylic oxidation sites excluding steroid dienone is 2. The normalized spacial score (nSPS) is 18.3. The summed E-state index contributed by atoms with van der Waals surface area (Å²) in [7, 11) is 0. The highest BCUT2D eigenvalue weighted by atomic mass is 16.6. The van der Waals surface area contributed by atoms with Crippen molar-refractivity contribution in [1.82, 2.24) is 4.90 Å². The van der Waals surface area contributed by atoms with Crippen LogP contribution in [0.4, 0.5) is 5.69 Å². The summed E-state index contributed by atoms with van der Waals surface area (Å²) in [6, 6.07) is 16.2. The van der Waals surface area contributed by atoms with Gasteiger partial charge in [-0.1, -0.05) is 30.3 Å². The maximum absolute atomic E-state index is 13.3. The van der Waals surface area contributed by atoms with Gasteiger partial charge in [0.1, 0.15) is 0 Å². The highest BCUT2D eigenvalue weighted by Gasteiger charge is 2.30. The molecular formula is C24H24N2O3. The number of ketones is 1. The molecule has 5 heteroatoms. The Morgan fingerprint density at radius 2 is 1.62 bits per heavy atom.